The lowest BCUT2D eigenvalue weighted by molar-refractivity contribution is 0.180. The van der Waals surface area contributed by atoms with Gasteiger partial charge in [0.1, 0.15) is 0 Å². The summed E-state index contributed by atoms with van der Waals surface area (Å²) in [5.74, 6) is 0.934. The fraction of sp³-hybridized carbons (Fsp3) is 1.00. The highest BCUT2D eigenvalue weighted by Gasteiger charge is 2.29. The summed E-state index contributed by atoms with van der Waals surface area (Å²) in [4.78, 5) is 0. The minimum absolute atomic E-state index is 0.186. The van der Waals surface area contributed by atoms with E-state index in [0.717, 1.165) is 5.92 Å². The predicted molar refractivity (Wildman–Crippen MR) is 94.7 cm³/mol. The molecule has 0 amide bonds. The summed E-state index contributed by atoms with van der Waals surface area (Å²) >= 11 is 0. The van der Waals surface area contributed by atoms with Crippen molar-refractivity contribution >= 4 is 0 Å². The van der Waals surface area contributed by atoms with Gasteiger partial charge in [0.2, 0.25) is 0 Å². The first-order valence-corrected chi connectivity index (χ1v) is 9.64. The summed E-state index contributed by atoms with van der Waals surface area (Å²) < 4.78 is 0. The molecule has 0 bridgehead atoms. The predicted octanol–water partition coefficient (Wildman–Crippen LogP) is 5.23. The van der Waals surface area contributed by atoms with Crippen molar-refractivity contribution in [2.24, 2.45) is 5.92 Å². The molecular weight excluding hydrogens is 256 g/mol. The van der Waals surface area contributed by atoms with Crippen molar-refractivity contribution in [3.05, 3.63) is 0 Å². The van der Waals surface area contributed by atoms with Gasteiger partial charge >= 0.3 is 0 Å². The molecule has 1 saturated carbocycles. The Morgan fingerprint density at radius 2 is 1.38 bits per heavy atom. The molecular formula is C19H40N2. The van der Waals surface area contributed by atoms with Crippen molar-refractivity contribution in [2.75, 3.05) is 14.1 Å². The molecule has 1 aliphatic carbocycles. The fourth-order valence-electron chi connectivity index (χ4n) is 3.95. The molecule has 0 heterocycles. The molecule has 1 aliphatic rings. The van der Waals surface area contributed by atoms with E-state index >= 15 is 0 Å². The minimum atomic E-state index is 0.186. The molecule has 0 saturated heterocycles. The van der Waals surface area contributed by atoms with Crippen LogP contribution in [0.5, 0.6) is 0 Å². The second-order valence-corrected chi connectivity index (χ2v) is 7.16. The Bertz CT molecular complexity index is 230. The van der Waals surface area contributed by atoms with Gasteiger partial charge in [0, 0.05) is 0 Å². The number of hydrogen-bond acceptors (Lipinski definition) is 2. The molecule has 0 aliphatic heterocycles. The first-order chi connectivity index (χ1) is 10.3. The van der Waals surface area contributed by atoms with Gasteiger partial charge in [-0.15, -0.1) is 0 Å². The van der Waals surface area contributed by atoms with Gasteiger partial charge in [-0.3, -0.25) is 0 Å². The molecule has 1 fully saturated rings. The van der Waals surface area contributed by atoms with E-state index in [1.54, 1.807) is 0 Å². The van der Waals surface area contributed by atoms with E-state index in [2.05, 4.69) is 31.7 Å². The number of rotatable bonds is 12. The molecule has 0 aromatic rings. The normalized spacial score (nSPS) is 17.3. The molecule has 126 valence electrons. The fourth-order valence-corrected chi connectivity index (χ4v) is 3.95. The van der Waals surface area contributed by atoms with Gasteiger partial charge < -0.3 is 10.6 Å². The van der Waals surface area contributed by atoms with Crippen LogP contribution in [0.4, 0.5) is 0 Å². The van der Waals surface area contributed by atoms with Crippen LogP contribution in [0, 0.1) is 5.92 Å². The highest BCUT2D eigenvalue weighted by atomic mass is 15.2. The van der Waals surface area contributed by atoms with Crippen LogP contribution >= 0.6 is 0 Å². The average molecular weight is 297 g/mol. The maximum absolute atomic E-state index is 3.61. The van der Waals surface area contributed by atoms with Crippen LogP contribution in [0.1, 0.15) is 96.8 Å². The Hall–Kier alpha value is -0.0800. The zero-order chi connectivity index (χ0) is 15.4. The van der Waals surface area contributed by atoms with Crippen LogP contribution in [0.2, 0.25) is 0 Å². The Balaban J connectivity index is 2.23. The van der Waals surface area contributed by atoms with Crippen LogP contribution in [0.25, 0.3) is 0 Å². The van der Waals surface area contributed by atoms with Crippen molar-refractivity contribution in [3.63, 3.8) is 0 Å². The third kappa shape index (κ3) is 7.65. The van der Waals surface area contributed by atoms with Crippen LogP contribution in [-0.2, 0) is 0 Å². The lowest BCUT2D eigenvalue weighted by Gasteiger charge is -2.38. The van der Waals surface area contributed by atoms with Crippen molar-refractivity contribution in [2.45, 2.75) is 102 Å². The summed E-state index contributed by atoms with van der Waals surface area (Å²) in [6.45, 7) is 2.29. The van der Waals surface area contributed by atoms with Gasteiger partial charge in [-0.2, -0.15) is 0 Å². The molecule has 1 rings (SSSR count). The van der Waals surface area contributed by atoms with Crippen LogP contribution in [0.3, 0.4) is 0 Å². The SMILES string of the molecule is CCCCCCCCCC(CC1CCCCC1)(NC)NC. The summed E-state index contributed by atoms with van der Waals surface area (Å²) in [7, 11) is 4.28. The summed E-state index contributed by atoms with van der Waals surface area (Å²) in [6.07, 6.45) is 19.7. The average Bonchev–Trinajstić information content (AvgIpc) is 2.54. The Kier molecular flexibility index (Phi) is 10.4. The largest absolute Gasteiger partial charge is 0.302 e. The van der Waals surface area contributed by atoms with Gasteiger partial charge in [0.25, 0.3) is 0 Å². The molecule has 2 heteroatoms. The van der Waals surface area contributed by atoms with Gasteiger partial charge in [-0.05, 0) is 32.9 Å². The summed E-state index contributed by atoms with van der Waals surface area (Å²) in [5, 5.41) is 7.23. The van der Waals surface area contributed by atoms with E-state index in [-0.39, 0.29) is 5.66 Å². The highest BCUT2D eigenvalue weighted by Crippen LogP contribution is 2.31. The third-order valence-corrected chi connectivity index (χ3v) is 5.53. The maximum Gasteiger partial charge on any atom is 0.0684 e. The lowest BCUT2D eigenvalue weighted by Crippen LogP contribution is -2.55. The van der Waals surface area contributed by atoms with Gasteiger partial charge in [0.05, 0.1) is 5.66 Å². The Morgan fingerprint density at radius 3 is 1.95 bits per heavy atom. The van der Waals surface area contributed by atoms with Crippen molar-refractivity contribution in [1.82, 2.24) is 10.6 Å². The number of hydrogen-bond donors (Lipinski definition) is 2. The minimum Gasteiger partial charge on any atom is -0.302 e. The van der Waals surface area contributed by atoms with Crippen molar-refractivity contribution < 1.29 is 0 Å². The molecule has 0 aromatic carbocycles. The summed E-state index contributed by atoms with van der Waals surface area (Å²) in [5.41, 5.74) is 0.186. The summed E-state index contributed by atoms with van der Waals surface area (Å²) in [6, 6.07) is 0. The molecule has 2 nitrogen and oxygen atoms in total. The highest BCUT2D eigenvalue weighted by molar-refractivity contribution is 4.86. The Morgan fingerprint density at radius 1 is 0.810 bits per heavy atom. The van der Waals surface area contributed by atoms with Crippen molar-refractivity contribution in [3.8, 4) is 0 Å². The second-order valence-electron chi connectivity index (χ2n) is 7.16. The lowest BCUT2D eigenvalue weighted by atomic mass is 9.81. The van der Waals surface area contributed by atoms with Gasteiger partial charge in [-0.1, -0.05) is 84.0 Å². The van der Waals surface area contributed by atoms with E-state index in [4.69, 9.17) is 0 Å². The standard InChI is InChI=1S/C19H40N2/c1-4-5-6-7-8-9-13-16-19(20-2,21-3)17-18-14-11-10-12-15-18/h18,20-21H,4-17H2,1-3H3. The number of nitrogens with one attached hydrogen (secondary N) is 2. The van der Waals surface area contributed by atoms with Crippen LogP contribution in [0.15, 0.2) is 0 Å². The first-order valence-electron chi connectivity index (χ1n) is 9.64. The molecule has 0 atom stereocenters. The van der Waals surface area contributed by atoms with E-state index in [0.29, 0.717) is 0 Å². The quantitative estimate of drug-likeness (QED) is 0.380. The second kappa shape index (κ2) is 11.5. The molecule has 0 unspecified atom stereocenters. The van der Waals surface area contributed by atoms with Crippen LogP contribution in [-0.4, -0.2) is 19.8 Å². The molecule has 21 heavy (non-hydrogen) atoms. The molecule has 0 radical (unpaired) electrons. The number of unbranched alkanes of at least 4 members (excludes halogenated alkanes) is 6. The molecule has 2 N–H and O–H groups in total. The third-order valence-electron chi connectivity index (χ3n) is 5.53. The zero-order valence-electron chi connectivity index (χ0n) is 15.0. The maximum atomic E-state index is 3.61. The van der Waals surface area contributed by atoms with E-state index in [1.807, 2.05) is 0 Å². The molecule has 0 spiro atoms. The van der Waals surface area contributed by atoms with Crippen molar-refractivity contribution in [1.29, 1.82) is 0 Å². The van der Waals surface area contributed by atoms with E-state index in [1.165, 1.54) is 89.9 Å². The molecule has 0 aromatic heterocycles. The van der Waals surface area contributed by atoms with E-state index in [9.17, 15) is 0 Å². The van der Waals surface area contributed by atoms with Gasteiger partial charge in [0.15, 0.2) is 0 Å². The zero-order valence-corrected chi connectivity index (χ0v) is 15.0. The smallest absolute Gasteiger partial charge is 0.0684 e. The van der Waals surface area contributed by atoms with Gasteiger partial charge in [-0.25, -0.2) is 0 Å². The van der Waals surface area contributed by atoms with Crippen LogP contribution < -0.4 is 10.6 Å². The monoisotopic (exact) mass is 296 g/mol. The first kappa shape index (κ1) is 19.0. The topological polar surface area (TPSA) is 24.1 Å². The Labute approximate surface area is 133 Å². The van der Waals surface area contributed by atoms with E-state index < -0.39 is 0 Å².